The first-order chi connectivity index (χ1) is 16.5. The Hall–Kier alpha value is -2.21. The molecule has 2 heterocycles. The molecule has 1 fully saturated rings. The van der Waals surface area contributed by atoms with Crippen LogP contribution in [0.3, 0.4) is 0 Å². The number of nitrogens with zero attached hydrogens (tertiary/aromatic N) is 1. The number of nitrogens with one attached hydrogen (secondary N) is 2. The molecule has 1 aliphatic rings. The number of aliphatic hydroxyl groups excluding tert-OH is 1. The molecule has 0 bridgehead atoms. The number of hydrogen-bond donors (Lipinski definition) is 3. The predicted molar refractivity (Wildman–Crippen MR) is 151 cm³/mol. The molecule has 0 amide bonds. The van der Waals surface area contributed by atoms with Gasteiger partial charge in [0.15, 0.2) is 0 Å². The normalized spacial score (nSPS) is 13.6. The highest BCUT2D eigenvalue weighted by Gasteiger charge is 2.20. The molecule has 1 saturated heterocycles. The summed E-state index contributed by atoms with van der Waals surface area (Å²) in [6.45, 7) is 14.4. The summed E-state index contributed by atoms with van der Waals surface area (Å²) in [7, 11) is 0. The van der Waals surface area contributed by atoms with Gasteiger partial charge in [-0.2, -0.15) is 0 Å². The summed E-state index contributed by atoms with van der Waals surface area (Å²) < 4.78 is 0. The van der Waals surface area contributed by atoms with Gasteiger partial charge in [0.1, 0.15) is 5.84 Å². The van der Waals surface area contributed by atoms with Crippen LogP contribution < -0.4 is 5.32 Å². The number of piperazine rings is 1. The van der Waals surface area contributed by atoms with Crippen molar-refractivity contribution in [2.75, 3.05) is 32.8 Å². The highest BCUT2D eigenvalue weighted by Crippen LogP contribution is 2.31. The monoisotopic (exact) mass is 483 g/mol. The zero-order valence-corrected chi connectivity index (χ0v) is 22.6. The van der Waals surface area contributed by atoms with Crippen LogP contribution >= 0.6 is 11.3 Å². The van der Waals surface area contributed by atoms with Gasteiger partial charge in [-0.15, -0.1) is 11.3 Å². The number of aliphatic hydroxyl groups is 1. The Labute approximate surface area is 211 Å². The van der Waals surface area contributed by atoms with Crippen LogP contribution in [0.4, 0.5) is 0 Å². The van der Waals surface area contributed by atoms with Crippen LogP contribution in [0.25, 0.3) is 0 Å². The molecule has 0 aliphatic carbocycles. The zero-order chi connectivity index (χ0) is 25.2. The Kier molecular flexibility index (Phi) is 15.9. The summed E-state index contributed by atoms with van der Waals surface area (Å²) in [4.78, 5) is 4.91. The average Bonchev–Trinajstić information content (AvgIpc) is 3.28. The van der Waals surface area contributed by atoms with Gasteiger partial charge in [-0.1, -0.05) is 81.8 Å². The van der Waals surface area contributed by atoms with E-state index in [-0.39, 0.29) is 6.61 Å². The molecule has 1 aliphatic heterocycles. The molecule has 0 spiro atoms. The molecule has 0 radical (unpaired) electrons. The molecule has 2 aromatic rings. The highest BCUT2D eigenvalue weighted by atomic mass is 32.1. The minimum atomic E-state index is 0.250. The van der Waals surface area contributed by atoms with E-state index in [1.165, 1.54) is 28.2 Å². The number of unbranched alkanes of at least 4 members (excludes halogenated alkanes) is 1. The number of rotatable bonds is 7. The molecule has 3 rings (SSSR count). The summed E-state index contributed by atoms with van der Waals surface area (Å²) in [6, 6.07) is 12.8. The molecule has 0 atom stereocenters. The molecular weight excluding hydrogens is 438 g/mol. The largest absolute Gasteiger partial charge is 0.397 e. The maximum Gasteiger partial charge on any atom is 0.129 e. The average molecular weight is 484 g/mol. The van der Waals surface area contributed by atoms with Crippen LogP contribution in [0.1, 0.15) is 74.3 Å². The number of benzene rings is 1. The molecule has 0 unspecified atom stereocenters. The maximum absolute atomic E-state index is 8.69. The van der Waals surface area contributed by atoms with Crippen molar-refractivity contribution in [2.24, 2.45) is 0 Å². The van der Waals surface area contributed by atoms with Gasteiger partial charge < -0.3 is 15.3 Å². The third kappa shape index (κ3) is 11.3. The summed E-state index contributed by atoms with van der Waals surface area (Å²) in [5.74, 6) is 1.21. The van der Waals surface area contributed by atoms with Gasteiger partial charge in [-0.3, -0.25) is 5.41 Å². The number of hydrogen-bond acceptors (Lipinski definition) is 4. The SMILES string of the molecule is C/C=C\C=C/CCC.CC(C)c1cc(C(=N)N2CCNCC2)c(Cc2ccccc2)s1.CCO. The molecule has 1 aromatic heterocycles. The van der Waals surface area contributed by atoms with Crippen LogP contribution in [0, 0.1) is 5.41 Å². The van der Waals surface area contributed by atoms with Crippen LogP contribution in [-0.2, 0) is 6.42 Å². The summed E-state index contributed by atoms with van der Waals surface area (Å²) in [5, 5.41) is 19.6. The van der Waals surface area contributed by atoms with Crippen LogP contribution in [0.5, 0.6) is 0 Å². The molecule has 34 heavy (non-hydrogen) atoms. The van der Waals surface area contributed by atoms with Crippen molar-refractivity contribution in [1.82, 2.24) is 10.2 Å². The van der Waals surface area contributed by atoms with E-state index < -0.39 is 0 Å². The number of amidine groups is 1. The Balaban J connectivity index is 0.000000443. The second-order valence-electron chi connectivity index (χ2n) is 8.45. The third-order valence-electron chi connectivity index (χ3n) is 5.19. The van der Waals surface area contributed by atoms with Crippen molar-refractivity contribution in [3.63, 3.8) is 0 Å². The van der Waals surface area contributed by atoms with Crippen molar-refractivity contribution in [2.45, 2.75) is 59.8 Å². The second kappa shape index (κ2) is 18.2. The molecule has 4 nitrogen and oxygen atoms in total. The predicted octanol–water partition coefficient (Wildman–Crippen LogP) is 6.61. The number of allylic oxidation sites excluding steroid dienone is 4. The Bertz CT molecular complexity index is 850. The highest BCUT2D eigenvalue weighted by molar-refractivity contribution is 7.12. The first kappa shape index (κ1) is 29.8. The minimum absolute atomic E-state index is 0.250. The lowest BCUT2D eigenvalue weighted by molar-refractivity contribution is 0.318. The molecule has 1 aromatic carbocycles. The van der Waals surface area contributed by atoms with E-state index >= 15 is 0 Å². The van der Waals surface area contributed by atoms with E-state index in [0.717, 1.165) is 38.2 Å². The lowest BCUT2D eigenvalue weighted by Crippen LogP contribution is -2.46. The number of thiophene rings is 1. The van der Waals surface area contributed by atoms with Crippen molar-refractivity contribution in [3.05, 3.63) is 81.6 Å². The van der Waals surface area contributed by atoms with Gasteiger partial charge in [-0.05, 0) is 37.8 Å². The second-order valence-corrected chi connectivity index (χ2v) is 9.62. The lowest BCUT2D eigenvalue weighted by atomic mass is 10.1. The molecule has 0 saturated carbocycles. The van der Waals surface area contributed by atoms with Crippen LogP contribution in [-0.4, -0.2) is 48.6 Å². The van der Waals surface area contributed by atoms with Gasteiger partial charge in [0, 0.05) is 54.5 Å². The quantitative estimate of drug-likeness (QED) is 0.236. The molecule has 5 heteroatoms. The Morgan fingerprint density at radius 2 is 1.79 bits per heavy atom. The van der Waals surface area contributed by atoms with Crippen LogP contribution in [0.2, 0.25) is 0 Å². The van der Waals surface area contributed by atoms with Gasteiger partial charge >= 0.3 is 0 Å². The topological polar surface area (TPSA) is 59.4 Å². The van der Waals surface area contributed by atoms with Crippen molar-refractivity contribution < 1.29 is 5.11 Å². The van der Waals surface area contributed by atoms with Gasteiger partial charge in [0.05, 0.1) is 0 Å². The van der Waals surface area contributed by atoms with E-state index in [0.29, 0.717) is 11.8 Å². The summed E-state index contributed by atoms with van der Waals surface area (Å²) in [6.07, 6.45) is 11.7. The lowest BCUT2D eigenvalue weighted by Gasteiger charge is -2.29. The van der Waals surface area contributed by atoms with E-state index in [9.17, 15) is 0 Å². The van der Waals surface area contributed by atoms with E-state index in [2.05, 4.69) is 85.6 Å². The third-order valence-corrected chi connectivity index (χ3v) is 6.62. The van der Waals surface area contributed by atoms with Gasteiger partial charge in [0.2, 0.25) is 0 Å². The standard InChI is InChI=1S/C19H25N3S.C8H14.C2H6O/c1-14(2)17-13-16(19(20)22-10-8-21-9-11-22)18(23-17)12-15-6-4-3-5-7-15;1-3-5-7-8-6-4-2;1-2-3/h3-7,13-14,20-21H,8-12H2,1-2H3;3,5,7-8H,4,6H2,1-2H3;3H,2H2,1H3/b;5-3-,8-7-;. The van der Waals surface area contributed by atoms with Crippen LogP contribution in [0.15, 0.2) is 60.7 Å². The molecule has 188 valence electrons. The van der Waals surface area contributed by atoms with Gasteiger partial charge in [0.25, 0.3) is 0 Å². The summed E-state index contributed by atoms with van der Waals surface area (Å²) in [5.41, 5.74) is 2.45. The Morgan fingerprint density at radius 1 is 1.15 bits per heavy atom. The van der Waals surface area contributed by atoms with E-state index in [4.69, 9.17) is 10.5 Å². The molecule has 3 N–H and O–H groups in total. The smallest absolute Gasteiger partial charge is 0.129 e. The zero-order valence-electron chi connectivity index (χ0n) is 21.8. The van der Waals surface area contributed by atoms with E-state index in [1.54, 1.807) is 6.92 Å². The first-order valence-corrected chi connectivity index (χ1v) is 13.4. The van der Waals surface area contributed by atoms with E-state index in [1.807, 2.05) is 24.3 Å². The summed E-state index contributed by atoms with van der Waals surface area (Å²) >= 11 is 1.87. The fourth-order valence-electron chi connectivity index (χ4n) is 3.36. The van der Waals surface area contributed by atoms with Gasteiger partial charge in [-0.25, -0.2) is 0 Å². The van der Waals surface area contributed by atoms with Crippen molar-refractivity contribution >= 4 is 17.2 Å². The Morgan fingerprint density at radius 3 is 2.35 bits per heavy atom. The first-order valence-electron chi connectivity index (χ1n) is 12.6. The van der Waals surface area contributed by atoms with Crippen molar-refractivity contribution in [1.29, 1.82) is 5.41 Å². The molecular formula is C29H45N3OS. The maximum atomic E-state index is 8.69. The fraction of sp³-hybridized carbons (Fsp3) is 0.483. The van der Waals surface area contributed by atoms with Crippen molar-refractivity contribution in [3.8, 4) is 0 Å². The minimum Gasteiger partial charge on any atom is -0.397 e. The fourth-order valence-corrected chi connectivity index (χ4v) is 4.56.